The van der Waals surface area contributed by atoms with Crippen LogP contribution in [0.3, 0.4) is 0 Å². The van der Waals surface area contributed by atoms with E-state index in [1.54, 1.807) is 0 Å². The predicted molar refractivity (Wildman–Crippen MR) is 67.7 cm³/mol. The highest BCUT2D eigenvalue weighted by molar-refractivity contribution is 7.89. The number of carbonyl (C=O) groups is 1. The Bertz CT molecular complexity index is 554. The number of rotatable bonds is 5. The molecule has 0 amide bonds. The van der Waals surface area contributed by atoms with Crippen LogP contribution in [0.25, 0.3) is 0 Å². The van der Waals surface area contributed by atoms with Gasteiger partial charge in [-0.1, -0.05) is 6.07 Å². The first-order valence-electron chi connectivity index (χ1n) is 5.00. The van der Waals surface area contributed by atoms with Gasteiger partial charge in [0.05, 0.1) is 11.3 Å². The van der Waals surface area contributed by atoms with Gasteiger partial charge in [-0.05, 0) is 17.7 Å². The quantitative estimate of drug-likeness (QED) is 0.533. The van der Waals surface area contributed by atoms with Crippen molar-refractivity contribution in [3.63, 3.8) is 0 Å². The molecule has 0 atom stereocenters. The molecule has 0 aliphatic carbocycles. The molecule has 0 aliphatic heterocycles. The maximum Gasteiger partial charge on any atom is 0.335 e. The van der Waals surface area contributed by atoms with Gasteiger partial charge in [-0.25, -0.2) is 13.2 Å². The predicted octanol–water partition coefficient (Wildman–Crippen LogP) is -0.458. The smallest absolute Gasteiger partial charge is 0.335 e. The molecule has 0 unspecified atom stereocenters. The Hall–Kier alpha value is -1.64. The van der Waals surface area contributed by atoms with Crippen LogP contribution in [0.5, 0.6) is 0 Å². The van der Waals surface area contributed by atoms with E-state index in [9.17, 15) is 13.2 Å². The summed E-state index contributed by atoms with van der Waals surface area (Å²) in [6, 6.07) is 4.06. The number of nitrogens with one attached hydrogen (secondary N) is 1. The number of benzene rings is 1. The van der Waals surface area contributed by atoms with Gasteiger partial charge in [0.1, 0.15) is 6.29 Å². The van der Waals surface area contributed by atoms with Crippen molar-refractivity contribution in [2.45, 2.75) is 12.0 Å². The van der Waals surface area contributed by atoms with Gasteiger partial charge in [-0.3, -0.25) is 11.5 Å². The first kappa shape index (κ1) is 14.4. The van der Waals surface area contributed by atoms with Crippen LogP contribution in [0.15, 0.2) is 18.2 Å². The molecule has 0 aliphatic rings. The molecule has 0 bridgehead atoms. The second-order valence-corrected chi connectivity index (χ2v) is 6.06. The van der Waals surface area contributed by atoms with Gasteiger partial charge in [0.15, 0.2) is 9.84 Å². The van der Waals surface area contributed by atoms with Gasteiger partial charge >= 0.3 is 5.97 Å². The molecular weight excluding hydrogens is 258 g/mol. The van der Waals surface area contributed by atoms with Crippen molar-refractivity contribution < 1.29 is 18.3 Å². The van der Waals surface area contributed by atoms with Crippen molar-refractivity contribution in [3.05, 3.63) is 29.3 Å². The van der Waals surface area contributed by atoms with E-state index in [0.29, 0.717) is 11.3 Å². The first-order valence-corrected chi connectivity index (χ1v) is 7.07. The number of hydrogen-bond acceptors (Lipinski definition) is 6. The monoisotopic (exact) mass is 273 g/mol. The fourth-order valence-electron chi connectivity index (χ4n) is 1.43. The molecule has 0 fully saturated rings. The van der Waals surface area contributed by atoms with E-state index in [2.05, 4.69) is 5.32 Å². The summed E-state index contributed by atoms with van der Waals surface area (Å²) in [7, 11) is -3.24. The molecule has 1 aromatic carbocycles. The molecule has 1 aromatic rings. The number of sulfone groups is 1. The van der Waals surface area contributed by atoms with E-state index >= 15 is 0 Å². The van der Waals surface area contributed by atoms with Crippen molar-refractivity contribution in [1.82, 2.24) is 0 Å². The lowest BCUT2D eigenvalue weighted by Gasteiger charge is -2.15. The minimum atomic E-state index is -3.24. The average molecular weight is 273 g/mol. The summed E-state index contributed by atoms with van der Waals surface area (Å²) in [5.41, 5.74) is 11.5. The summed E-state index contributed by atoms with van der Waals surface area (Å²) in [5.74, 6) is -1.34. The van der Waals surface area contributed by atoms with Crippen molar-refractivity contribution in [2.24, 2.45) is 11.5 Å². The summed E-state index contributed by atoms with van der Waals surface area (Å²) in [5, 5.41) is 11.5. The molecular formula is C10H15N3O4S. The molecule has 6 N–H and O–H groups in total. The second kappa shape index (κ2) is 5.34. The molecule has 100 valence electrons. The highest BCUT2D eigenvalue weighted by atomic mass is 32.2. The molecule has 1 rings (SSSR count). The van der Waals surface area contributed by atoms with Crippen LogP contribution >= 0.6 is 0 Å². The van der Waals surface area contributed by atoms with Crippen LogP contribution in [-0.4, -0.2) is 32.0 Å². The third-order valence-electron chi connectivity index (χ3n) is 2.10. The van der Waals surface area contributed by atoms with Crippen molar-refractivity contribution in [3.8, 4) is 0 Å². The number of carboxylic acids is 1. The van der Waals surface area contributed by atoms with Crippen LogP contribution in [0.1, 0.15) is 15.9 Å². The van der Waals surface area contributed by atoms with Gasteiger partial charge in [-0.15, -0.1) is 0 Å². The van der Waals surface area contributed by atoms with Crippen molar-refractivity contribution in [1.29, 1.82) is 0 Å². The normalized spacial score (nSPS) is 11.6. The summed E-state index contributed by atoms with van der Waals surface area (Å²) in [6.45, 7) is 0. The summed E-state index contributed by atoms with van der Waals surface area (Å²) >= 11 is 0. The van der Waals surface area contributed by atoms with E-state index in [0.717, 1.165) is 6.26 Å². The third kappa shape index (κ3) is 4.32. The maximum absolute atomic E-state index is 11.3. The molecule has 0 saturated heterocycles. The zero-order valence-corrected chi connectivity index (χ0v) is 10.6. The van der Waals surface area contributed by atoms with Gasteiger partial charge in [0.25, 0.3) is 0 Å². The fraction of sp³-hybridized carbons (Fsp3) is 0.300. The Kier molecular flexibility index (Phi) is 4.28. The lowest BCUT2D eigenvalue weighted by atomic mass is 10.1. The van der Waals surface area contributed by atoms with Gasteiger partial charge in [0, 0.05) is 11.9 Å². The number of nitrogens with two attached hydrogens (primary N) is 2. The fourth-order valence-corrected chi connectivity index (χ4v) is 2.25. The molecule has 8 heteroatoms. The van der Waals surface area contributed by atoms with Gasteiger partial charge in [0.2, 0.25) is 0 Å². The van der Waals surface area contributed by atoms with Crippen molar-refractivity contribution >= 4 is 21.5 Å². The maximum atomic E-state index is 11.3. The molecule has 7 nitrogen and oxygen atoms in total. The SMILES string of the molecule is CS(=O)(=O)Cc1ccc(C(=O)O)cc1NC(N)N. The molecule has 0 heterocycles. The molecule has 0 aromatic heterocycles. The van der Waals surface area contributed by atoms with Crippen LogP contribution < -0.4 is 16.8 Å². The second-order valence-electron chi connectivity index (χ2n) is 3.92. The van der Waals surface area contributed by atoms with E-state index in [4.69, 9.17) is 16.6 Å². The van der Waals surface area contributed by atoms with Crippen LogP contribution in [0.2, 0.25) is 0 Å². The van der Waals surface area contributed by atoms with Gasteiger partial charge < -0.3 is 10.4 Å². The molecule has 0 radical (unpaired) electrons. The zero-order valence-electron chi connectivity index (χ0n) is 9.75. The van der Waals surface area contributed by atoms with E-state index in [1.807, 2.05) is 0 Å². The molecule has 0 spiro atoms. The van der Waals surface area contributed by atoms with Gasteiger partial charge in [-0.2, -0.15) is 0 Å². The Balaban J connectivity index is 3.20. The highest BCUT2D eigenvalue weighted by Gasteiger charge is 2.13. The Morgan fingerprint density at radius 1 is 1.44 bits per heavy atom. The topological polar surface area (TPSA) is 136 Å². The van der Waals surface area contributed by atoms with E-state index in [-0.39, 0.29) is 11.3 Å². The van der Waals surface area contributed by atoms with E-state index in [1.165, 1.54) is 18.2 Å². The lowest BCUT2D eigenvalue weighted by molar-refractivity contribution is 0.0697. The zero-order chi connectivity index (χ0) is 13.9. The number of carboxylic acid groups (broad SMARTS) is 1. The van der Waals surface area contributed by atoms with Crippen LogP contribution in [-0.2, 0) is 15.6 Å². The van der Waals surface area contributed by atoms with E-state index < -0.39 is 22.1 Å². The number of hydrogen-bond donors (Lipinski definition) is 4. The standard InChI is InChI=1S/C10H15N3O4S/c1-18(16,17)5-7-3-2-6(9(14)15)4-8(7)13-10(11)12/h2-4,10,13H,5,11-12H2,1H3,(H,14,15). The summed E-state index contributed by atoms with van der Waals surface area (Å²) in [6.07, 6.45) is 0.178. The Labute approximate surface area is 105 Å². The number of aromatic carboxylic acids is 1. The lowest BCUT2D eigenvalue weighted by Crippen LogP contribution is -2.39. The summed E-state index contributed by atoms with van der Waals surface area (Å²) in [4.78, 5) is 10.8. The largest absolute Gasteiger partial charge is 0.478 e. The van der Waals surface area contributed by atoms with Crippen LogP contribution in [0, 0.1) is 0 Å². The Morgan fingerprint density at radius 2 is 2.06 bits per heavy atom. The van der Waals surface area contributed by atoms with Crippen LogP contribution in [0.4, 0.5) is 5.69 Å². The summed E-state index contributed by atoms with van der Waals surface area (Å²) < 4.78 is 22.5. The highest BCUT2D eigenvalue weighted by Crippen LogP contribution is 2.20. The minimum Gasteiger partial charge on any atom is -0.478 e. The minimum absolute atomic E-state index is 0.0235. The molecule has 0 saturated carbocycles. The first-order chi connectivity index (χ1) is 8.19. The third-order valence-corrected chi connectivity index (χ3v) is 2.93. The van der Waals surface area contributed by atoms with Crippen molar-refractivity contribution in [2.75, 3.05) is 11.6 Å². The average Bonchev–Trinajstić information content (AvgIpc) is 2.17. The molecule has 18 heavy (non-hydrogen) atoms. The number of anilines is 1. The Morgan fingerprint density at radius 3 is 2.50 bits per heavy atom.